The molecule has 0 fully saturated rings. The van der Waals surface area contributed by atoms with Crippen LogP contribution in [0.1, 0.15) is 34.8 Å². The number of benzene rings is 3. The van der Waals surface area contributed by atoms with Gasteiger partial charge in [0.1, 0.15) is 11.6 Å². The number of nitrogens with one attached hydrogen (secondary N) is 1. The molecule has 1 amide bonds. The standard InChI is InChI=1S/C25H22F5NO2/c26-19-10-8-18(9-11-19)24(33)22(31-23(32)13-7-16-4-2-1-3-5-16)15-17-6-12-20(21(27)14-17)25(28,29)30/h1-6,8-12,14,22,24,33H,7,13,15H2,(H,31,32). The van der Waals surface area contributed by atoms with Gasteiger partial charge in [-0.15, -0.1) is 0 Å². The topological polar surface area (TPSA) is 49.3 Å². The highest BCUT2D eigenvalue weighted by Gasteiger charge is 2.34. The second kappa shape index (κ2) is 10.6. The van der Waals surface area contributed by atoms with Crippen LogP contribution in [0, 0.1) is 11.6 Å². The van der Waals surface area contributed by atoms with Crippen LogP contribution in [0.4, 0.5) is 22.0 Å². The van der Waals surface area contributed by atoms with Crippen LogP contribution >= 0.6 is 0 Å². The Labute approximate surface area is 187 Å². The van der Waals surface area contributed by atoms with E-state index in [4.69, 9.17) is 0 Å². The maximum Gasteiger partial charge on any atom is 0.419 e. The second-order valence-electron chi connectivity index (χ2n) is 7.67. The number of hydrogen-bond acceptors (Lipinski definition) is 2. The van der Waals surface area contributed by atoms with Gasteiger partial charge in [0.05, 0.1) is 17.7 Å². The summed E-state index contributed by atoms with van der Waals surface area (Å²) in [5, 5.41) is 13.5. The fourth-order valence-electron chi connectivity index (χ4n) is 3.48. The first-order valence-corrected chi connectivity index (χ1v) is 10.3. The smallest absolute Gasteiger partial charge is 0.386 e. The van der Waals surface area contributed by atoms with Crippen molar-refractivity contribution in [1.82, 2.24) is 5.32 Å². The quantitative estimate of drug-likeness (QED) is 0.441. The first-order chi connectivity index (χ1) is 15.6. The average molecular weight is 463 g/mol. The van der Waals surface area contributed by atoms with E-state index in [2.05, 4.69) is 5.32 Å². The number of alkyl halides is 3. The number of aryl methyl sites for hydroxylation is 1. The molecule has 0 aromatic heterocycles. The summed E-state index contributed by atoms with van der Waals surface area (Å²) >= 11 is 0. The lowest BCUT2D eigenvalue weighted by molar-refractivity contribution is -0.140. The van der Waals surface area contributed by atoms with Crippen LogP contribution in [-0.2, 0) is 23.8 Å². The first kappa shape index (κ1) is 24.4. The fourth-order valence-corrected chi connectivity index (χ4v) is 3.48. The van der Waals surface area contributed by atoms with Crippen molar-refractivity contribution in [3.63, 3.8) is 0 Å². The predicted octanol–water partition coefficient (Wildman–Crippen LogP) is 5.38. The molecular formula is C25H22F5NO2. The minimum Gasteiger partial charge on any atom is -0.386 e. The van der Waals surface area contributed by atoms with Crippen molar-refractivity contribution in [1.29, 1.82) is 0 Å². The SMILES string of the molecule is O=C(CCc1ccccc1)NC(Cc1ccc(C(F)(F)F)c(F)c1)C(O)c1ccc(F)cc1. The van der Waals surface area contributed by atoms with E-state index in [-0.39, 0.29) is 18.4 Å². The van der Waals surface area contributed by atoms with E-state index in [1.165, 1.54) is 12.1 Å². The number of amides is 1. The van der Waals surface area contributed by atoms with Gasteiger partial charge in [-0.2, -0.15) is 13.2 Å². The van der Waals surface area contributed by atoms with Crippen molar-refractivity contribution in [3.05, 3.63) is 107 Å². The Bertz CT molecular complexity index is 1070. The van der Waals surface area contributed by atoms with Crippen molar-refractivity contribution < 1.29 is 31.9 Å². The maximum absolute atomic E-state index is 14.0. The molecular weight excluding hydrogens is 441 g/mol. The lowest BCUT2D eigenvalue weighted by Gasteiger charge is -2.25. The summed E-state index contributed by atoms with van der Waals surface area (Å²) in [6.07, 6.45) is -5.71. The zero-order chi connectivity index (χ0) is 24.0. The van der Waals surface area contributed by atoms with Crippen LogP contribution in [0.2, 0.25) is 0 Å². The van der Waals surface area contributed by atoms with Gasteiger partial charge in [0.25, 0.3) is 0 Å². The number of aliphatic hydroxyl groups is 1. The highest BCUT2D eigenvalue weighted by atomic mass is 19.4. The van der Waals surface area contributed by atoms with Gasteiger partial charge in [0.2, 0.25) is 5.91 Å². The molecule has 0 bridgehead atoms. The van der Waals surface area contributed by atoms with Gasteiger partial charge in [0.15, 0.2) is 0 Å². The van der Waals surface area contributed by atoms with Gasteiger partial charge in [-0.1, -0.05) is 48.5 Å². The largest absolute Gasteiger partial charge is 0.419 e. The number of carbonyl (C=O) groups is 1. The number of aliphatic hydroxyl groups excluding tert-OH is 1. The van der Waals surface area contributed by atoms with E-state index in [1.807, 2.05) is 30.3 Å². The molecule has 174 valence electrons. The van der Waals surface area contributed by atoms with Gasteiger partial charge >= 0.3 is 6.18 Å². The molecule has 2 atom stereocenters. The molecule has 0 saturated heterocycles. The number of carbonyl (C=O) groups excluding carboxylic acids is 1. The minimum atomic E-state index is -4.83. The van der Waals surface area contributed by atoms with Crippen molar-refractivity contribution in [2.24, 2.45) is 0 Å². The second-order valence-corrected chi connectivity index (χ2v) is 7.67. The molecule has 0 aliphatic heterocycles. The molecule has 3 aromatic rings. The van der Waals surface area contributed by atoms with E-state index in [1.54, 1.807) is 0 Å². The molecule has 33 heavy (non-hydrogen) atoms. The van der Waals surface area contributed by atoms with E-state index in [0.29, 0.717) is 18.1 Å². The highest BCUT2D eigenvalue weighted by Crippen LogP contribution is 2.32. The molecule has 2 N–H and O–H groups in total. The lowest BCUT2D eigenvalue weighted by Crippen LogP contribution is -2.41. The molecule has 0 aliphatic carbocycles. The summed E-state index contributed by atoms with van der Waals surface area (Å²) in [6.45, 7) is 0. The summed E-state index contributed by atoms with van der Waals surface area (Å²) in [4.78, 5) is 12.6. The van der Waals surface area contributed by atoms with E-state index in [9.17, 15) is 31.9 Å². The summed E-state index contributed by atoms with van der Waals surface area (Å²) in [5.74, 6) is -2.35. The minimum absolute atomic E-state index is 0.109. The van der Waals surface area contributed by atoms with E-state index >= 15 is 0 Å². The van der Waals surface area contributed by atoms with Crippen LogP contribution < -0.4 is 5.32 Å². The molecule has 0 heterocycles. The highest BCUT2D eigenvalue weighted by molar-refractivity contribution is 5.76. The Kier molecular flexibility index (Phi) is 7.81. The van der Waals surface area contributed by atoms with Gasteiger partial charge < -0.3 is 10.4 Å². The molecule has 3 aromatic carbocycles. The molecule has 0 saturated carbocycles. The van der Waals surface area contributed by atoms with E-state index in [0.717, 1.165) is 29.8 Å². The number of rotatable bonds is 8. The Morgan fingerprint density at radius 1 is 0.909 bits per heavy atom. The van der Waals surface area contributed by atoms with Gasteiger partial charge in [0, 0.05) is 6.42 Å². The molecule has 0 radical (unpaired) electrons. The summed E-state index contributed by atoms with van der Waals surface area (Å²) in [7, 11) is 0. The van der Waals surface area contributed by atoms with Gasteiger partial charge in [-0.3, -0.25) is 4.79 Å². The van der Waals surface area contributed by atoms with Crippen molar-refractivity contribution in [3.8, 4) is 0 Å². The fraction of sp³-hybridized carbons (Fsp3) is 0.240. The van der Waals surface area contributed by atoms with Crippen LogP contribution in [0.5, 0.6) is 0 Å². The predicted molar refractivity (Wildman–Crippen MR) is 113 cm³/mol. The third kappa shape index (κ3) is 6.86. The number of halogens is 5. The van der Waals surface area contributed by atoms with Crippen LogP contribution in [-0.4, -0.2) is 17.1 Å². The zero-order valence-corrected chi connectivity index (χ0v) is 17.4. The van der Waals surface area contributed by atoms with Crippen LogP contribution in [0.3, 0.4) is 0 Å². The van der Waals surface area contributed by atoms with Crippen molar-refractivity contribution in [2.45, 2.75) is 37.6 Å². The van der Waals surface area contributed by atoms with Crippen molar-refractivity contribution >= 4 is 5.91 Å². The monoisotopic (exact) mass is 463 g/mol. The Morgan fingerprint density at radius 2 is 1.58 bits per heavy atom. The van der Waals surface area contributed by atoms with Crippen LogP contribution in [0.25, 0.3) is 0 Å². The molecule has 2 unspecified atom stereocenters. The lowest BCUT2D eigenvalue weighted by atomic mass is 9.95. The molecule has 8 heteroatoms. The molecule has 3 rings (SSSR count). The Morgan fingerprint density at radius 3 is 2.18 bits per heavy atom. The zero-order valence-electron chi connectivity index (χ0n) is 17.4. The van der Waals surface area contributed by atoms with Gasteiger partial charge in [-0.05, 0) is 53.8 Å². The normalized spacial score (nSPS) is 13.4. The van der Waals surface area contributed by atoms with Crippen molar-refractivity contribution in [2.75, 3.05) is 0 Å². The summed E-state index contributed by atoms with van der Waals surface area (Å²) < 4.78 is 65.9. The summed E-state index contributed by atoms with van der Waals surface area (Å²) in [6, 6.07) is 15.7. The number of hydrogen-bond donors (Lipinski definition) is 2. The average Bonchev–Trinajstić information content (AvgIpc) is 2.77. The Balaban J connectivity index is 1.78. The third-order valence-electron chi connectivity index (χ3n) is 5.22. The maximum atomic E-state index is 14.0. The third-order valence-corrected chi connectivity index (χ3v) is 5.22. The molecule has 0 aliphatic rings. The first-order valence-electron chi connectivity index (χ1n) is 10.3. The van der Waals surface area contributed by atoms with Gasteiger partial charge in [-0.25, -0.2) is 8.78 Å². The Hall–Kier alpha value is -3.26. The van der Waals surface area contributed by atoms with Crippen LogP contribution in [0.15, 0.2) is 72.8 Å². The molecule has 3 nitrogen and oxygen atoms in total. The van der Waals surface area contributed by atoms with E-state index < -0.39 is 41.4 Å². The molecule has 0 spiro atoms. The summed E-state index contributed by atoms with van der Waals surface area (Å²) in [5.41, 5.74) is 0.00837.